The number of nitro benzene ring substituents is 1. The Labute approximate surface area is 192 Å². The highest BCUT2D eigenvalue weighted by Gasteiger charge is 2.33. The van der Waals surface area contributed by atoms with Crippen LogP contribution in [-0.2, 0) is 10.9 Å². The molecule has 9 nitrogen and oxygen atoms in total. The van der Waals surface area contributed by atoms with Crippen LogP contribution in [0.25, 0.3) is 16.8 Å². The summed E-state index contributed by atoms with van der Waals surface area (Å²) in [5.74, 6) is 1.16. The molecule has 1 N–H and O–H groups in total. The number of pyridine rings is 1. The number of methoxy groups -OCH3 is 1. The third-order valence-electron chi connectivity index (χ3n) is 4.91. The molecule has 0 aliphatic rings. The van der Waals surface area contributed by atoms with Crippen LogP contribution in [0.2, 0.25) is 0 Å². The van der Waals surface area contributed by atoms with Crippen molar-refractivity contribution in [3.05, 3.63) is 63.5 Å². The van der Waals surface area contributed by atoms with Crippen LogP contribution in [0, 0.1) is 17.0 Å². The predicted octanol–water partition coefficient (Wildman–Crippen LogP) is 5.45. The van der Waals surface area contributed by atoms with Crippen LogP contribution in [-0.4, -0.2) is 33.6 Å². The van der Waals surface area contributed by atoms with Crippen molar-refractivity contribution < 1.29 is 27.6 Å². The Morgan fingerprint density at radius 1 is 1.24 bits per heavy atom. The van der Waals surface area contributed by atoms with Crippen molar-refractivity contribution in [3.63, 3.8) is 0 Å². The Morgan fingerprint density at radius 2 is 1.94 bits per heavy atom. The molecule has 0 bridgehead atoms. The van der Waals surface area contributed by atoms with E-state index in [9.17, 15) is 23.3 Å². The number of halogens is 3. The lowest BCUT2D eigenvalue weighted by Crippen LogP contribution is -2.13. The van der Waals surface area contributed by atoms with Crippen LogP contribution in [0.4, 0.5) is 24.7 Å². The molecule has 0 spiro atoms. The molecule has 2 aromatic heterocycles. The normalized spacial score (nSPS) is 12.3. The van der Waals surface area contributed by atoms with Crippen LogP contribution in [0.15, 0.2) is 30.8 Å². The van der Waals surface area contributed by atoms with E-state index >= 15 is 0 Å². The minimum absolute atomic E-state index is 0.0614. The molecular formula is C22H22F3N5O4. The quantitative estimate of drug-likeness (QED) is 0.259. The molecular weight excluding hydrogens is 455 g/mol. The van der Waals surface area contributed by atoms with Gasteiger partial charge < -0.3 is 14.8 Å². The molecule has 12 heteroatoms. The number of hydrogen-bond acceptors (Lipinski definition) is 8. The number of ether oxygens (including phenoxy) is 2. The summed E-state index contributed by atoms with van der Waals surface area (Å²) in [6.45, 7) is 9.23. The summed E-state index contributed by atoms with van der Waals surface area (Å²) in [4.78, 5) is 23.4. The highest BCUT2D eigenvalue weighted by atomic mass is 19.4. The van der Waals surface area contributed by atoms with Crippen molar-refractivity contribution in [1.29, 1.82) is 0 Å². The number of non-ortho nitro benzene ring substituents is 1. The molecule has 0 fully saturated rings. The minimum atomic E-state index is -4.74. The summed E-state index contributed by atoms with van der Waals surface area (Å²) < 4.78 is 50.7. The monoisotopic (exact) mass is 477 g/mol. The second kappa shape index (κ2) is 9.49. The van der Waals surface area contributed by atoms with Crippen LogP contribution < -0.4 is 10.1 Å². The molecule has 0 aliphatic heterocycles. The fourth-order valence-corrected chi connectivity index (χ4v) is 3.31. The Morgan fingerprint density at radius 3 is 2.53 bits per heavy atom. The zero-order valence-electron chi connectivity index (χ0n) is 18.9. The van der Waals surface area contributed by atoms with Gasteiger partial charge in [-0.2, -0.15) is 18.2 Å². The summed E-state index contributed by atoms with van der Waals surface area (Å²) in [7, 11) is 1.44. The molecule has 3 rings (SSSR count). The number of benzene rings is 1. The van der Waals surface area contributed by atoms with E-state index in [2.05, 4.69) is 26.8 Å². The van der Waals surface area contributed by atoms with E-state index in [1.807, 2.05) is 0 Å². The van der Waals surface area contributed by atoms with E-state index < -0.39 is 28.4 Å². The van der Waals surface area contributed by atoms with Crippen LogP contribution in [0.5, 0.6) is 5.88 Å². The fourth-order valence-electron chi connectivity index (χ4n) is 3.31. The molecule has 0 saturated carbocycles. The van der Waals surface area contributed by atoms with E-state index in [1.165, 1.54) is 7.11 Å². The lowest BCUT2D eigenvalue weighted by atomic mass is 10.0. The summed E-state index contributed by atoms with van der Waals surface area (Å²) >= 11 is 0. The van der Waals surface area contributed by atoms with E-state index in [-0.39, 0.29) is 22.9 Å². The number of fused-ring (bicyclic) bond motifs is 1. The number of nitrogens with one attached hydrogen (secondary N) is 1. The van der Waals surface area contributed by atoms with Crippen LogP contribution in [0.3, 0.4) is 0 Å². The first kappa shape index (κ1) is 24.7. The number of hydrogen-bond donors (Lipinski definition) is 1. The number of anilines is 1. The van der Waals surface area contributed by atoms with Gasteiger partial charge in [0.05, 0.1) is 41.2 Å². The molecule has 0 unspecified atom stereocenters. The summed E-state index contributed by atoms with van der Waals surface area (Å²) in [6.07, 6.45) is -4.74. The molecule has 180 valence electrons. The average Bonchev–Trinajstić information content (AvgIpc) is 2.77. The molecule has 1 aromatic carbocycles. The highest BCUT2D eigenvalue weighted by Crippen LogP contribution is 2.36. The van der Waals surface area contributed by atoms with Crippen molar-refractivity contribution in [2.75, 3.05) is 19.0 Å². The largest absolute Gasteiger partial charge is 0.494 e. The molecule has 3 aromatic rings. The first-order valence-electron chi connectivity index (χ1n) is 10.1. The van der Waals surface area contributed by atoms with Gasteiger partial charge in [-0.25, -0.2) is 9.97 Å². The van der Waals surface area contributed by atoms with E-state index in [0.717, 1.165) is 12.1 Å². The molecule has 0 radical (unpaired) electrons. The summed E-state index contributed by atoms with van der Waals surface area (Å²) in [6, 6.07) is 3.33. The van der Waals surface area contributed by atoms with Gasteiger partial charge >= 0.3 is 6.18 Å². The van der Waals surface area contributed by atoms with Crippen molar-refractivity contribution in [3.8, 4) is 5.88 Å². The van der Waals surface area contributed by atoms with E-state index in [1.54, 1.807) is 26.8 Å². The molecule has 0 saturated heterocycles. The molecule has 0 aliphatic carbocycles. The molecule has 34 heavy (non-hydrogen) atoms. The van der Waals surface area contributed by atoms with Gasteiger partial charge in [0.25, 0.3) is 5.69 Å². The van der Waals surface area contributed by atoms with Crippen molar-refractivity contribution in [1.82, 2.24) is 15.0 Å². The Kier molecular flexibility index (Phi) is 6.89. The van der Waals surface area contributed by atoms with Gasteiger partial charge in [0.15, 0.2) is 5.65 Å². The number of rotatable bonds is 8. The van der Waals surface area contributed by atoms with Crippen molar-refractivity contribution >= 4 is 28.3 Å². The molecule has 0 amide bonds. The maximum Gasteiger partial charge on any atom is 0.416 e. The smallest absolute Gasteiger partial charge is 0.416 e. The van der Waals surface area contributed by atoms with Crippen LogP contribution >= 0.6 is 0 Å². The second-order valence-corrected chi connectivity index (χ2v) is 7.33. The Balaban J connectivity index is 2.11. The van der Waals surface area contributed by atoms with E-state index in [0.29, 0.717) is 35.2 Å². The van der Waals surface area contributed by atoms with Gasteiger partial charge in [0, 0.05) is 12.1 Å². The Hall–Kier alpha value is -3.96. The first-order chi connectivity index (χ1) is 15.9. The lowest BCUT2D eigenvalue weighted by Gasteiger charge is -2.19. The van der Waals surface area contributed by atoms with Crippen LogP contribution in [0.1, 0.15) is 42.4 Å². The zero-order chi connectivity index (χ0) is 25.2. The summed E-state index contributed by atoms with van der Waals surface area (Å²) in [5.41, 5.74) is -0.983. The third-order valence-corrected chi connectivity index (χ3v) is 4.91. The van der Waals surface area contributed by atoms with Gasteiger partial charge in [-0.15, -0.1) is 0 Å². The first-order valence-corrected chi connectivity index (χ1v) is 10.1. The number of nitrogens with zero attached hydrogens (tertiary/aromatic N) is 4. The second-order valence-electron chi connectivity index (χ2n) is 7.33. The highest BCUT2D eigenvalue weighted by molar-refractivity contribution is 5.90. The van der Waals surface area contributed by atoms with E-state index in [4.69, 9.17) is 9.47 Å². The van der Waals surface area contributed by atoms with Crippen molar-refractivity contribution in [2.45, 2.75) is 33.0 Å². The number of aryl methyl sites for hydroxylation is 1. The Bertz CT molecular complexity index is 1260. The van der Waals surface area contributed by atoms with Gasteiger partial charge in [-0.05, 0) is 38.5 Å². The average molecular weight is 477 g/mol. The minimum Gasteiger partial charge on any atom is -0.494 e. The number of alkyl halides is 3. The standard InChI is InChI=1S/C22H22F3N5O4/c1-6-34-12(3)17-10-18-19(27-13(4)28-20(18)29-21(17)33-5)26-11(2)14-7-15(22(23,24)25)9-16(8-14)30(31)32/h7-11H,3,6H2,1-2,4-5H3,(H,26,27,28,29)/t11-/m1/s1. The van der Waals surface area contributed by atoms with Crippen molar-refractivity contribution in [2.24, 2.45) is 0 Å². The number of nitro groups is 1. The topological polar surface area (TPSA) is 112 Å². The van der Waals surface area contributed by atoms with Gasteiger partial charge in [-0.3, -0.25) is 10.1 Å². The summed E-state index contributed by atoms with van der Waals surface area (Å²) in [5, 5.41) is 14.7. The zero-order valence-corrected chi connectivity index (χ0v) is 18.9. The SMILES string of the molecule is C=C(OCC)c1cc2c(N[C@H](C)c3cc([N+](=O)[O-])cc(C(F)(F)F)c3)nc(C)nc2nc1OC. The third kappa shape index (κ3) is 5.16. The number of aromatic nitrogens is 3. The molecule has 2 heterocycles. The predicted molar refractivity (Wildman–Crippen MR) is 119 cm³/mol. The van der Waals surface area contributed by atoms with Gasteiger partial charge in [0.1, 0.15) is 17.4 Å². The van der Waals surface area contributed by atoms with Gasteiger partial charge in [0.2, 0.25) is 5.88 Å². The molecule has 1 atom stereocenters. The maximum absolute atomic E-state index is 13.3. The maximum atomic E-state index is 13.3. The lowest BCUT2D eigenvalue weighted by molar-refractivity contribution is -0.385. The van der Waals surface area contributed by atoms with Gasteiger partial charge in [-0.1, -0.05) is 6.58 Å². The fraction of sp³-hybridized carbons (Fsp3) is 0.318.